The fraction of sp³-hybridized carbons (Fsp3) is 0.417. The van der Waals surface area contributed by atoms with E-state index in [-0.39, 0.29) is 0 Å². The molecule has 1 aliphatic rings. The van der Waals surface area contributed by atoms with E-state index in [2.05, 4.69) is 24.1 Å². The van der Waals surface area contributed by atoms with Gasteiger partial charge in [-0.05, 0) is 37.5 Å². The van der Waals surface area contributed by atoms with Gasteiger partial charge in [-0.2, -0.15) is 0 Å². The molecule has 1 aromatic heterocycles. The molecular weight excluding hydrogens is 158 g/mol. The third-order valence-corrected chi connectivity index (χ3v) is 2.10. The molecule has 1 heteroatoms. The molecule has 13 heavy (non-hydrogen) atoms. The maximum Gasteiger partial charge on any atom is 0.0661 e. The second-order valence-electron chi connectivity index (χ2n) is 3.04. The number of hydrogen-bond acceptors (Lipinski definition) is 1. The van der Waals surface area contributed by atoms with Crippen LogP contribution in [0.2, 0.25) is 0 Å². The van der Waals surface area contributed by atoms with Crippen LogP contribution in [0, 0.1) is 0 Å². The minimum atomic E-state index is 1.16. The highest BCUT2D eigenvalue weighted by atomic mass is 14.7. The van der Waals surface area contributed by atoms with Crippen LogP contribution in [0.4, 0.5) is 0 Å². The predicted molar refractivity (Wildman–Crippen MR) is 57.6 cm³/mol. The van der Waals surface area contributed by atoms with Crippen LogP contribution in [0.3, 0.4) is 0 Å². The summed E-state index contributed by atoms with van der Waals surface area (Å²) >= 11 is 0. The molecule has 0 N–H and O–H groups in total. The first-order chi connectivity index (χ1) is 6.36. The monoisotopic (exact) mass is 175 g/mol. The zero-order valence-corrected chi connectivity index (χ0v) is 8.67. The average molecular weight is 175 g/mol. The number of rotatable bonds is 0. The molecule has 0 unspecified atom stereocenters. The first-order valence-corrected chi connectivity index (χ1v) is 4.97. The second-order valence-corrected chi connectivity index (χ2v) is 3.04. The number of aromatic nitrogens is 1. The first kappa shape index (κ1) is 9.97. The summed E-state index contributed by atoms with van der Waals surface area (Å²) in [4.78, 5) is 4.29. The molecule has 0 atom stereocenters. The van der Waals surface area contributed by atoms with Gasteiger partial charge in [-0.25, -0.2) is 0 Å². The zero-order chi connectivity index (χ0) is 9.68. The Morgan fingerprint density at radius 1 is 1.23 bits per heavy atom. The average Bonchev–Trinajstić information content (AvgIpc) is 2.21. The Hall–Kier alpha value is -1.11. The molecule has 0 bridgehead atoms. The summed E-state index contributed by atoms with van der Waals surface area (Å²) in [5, 5.41) is 0. The standard InChI is InChI=1S/C10H11N.C2H6/c1-8-4-5-9-3-2-6-11-10(9)7-8;1-2/h2-3,6-7H,4-5H2,1H3;1-2H3. The van der Waals surface area contributed by atoms with Gasteiger partial charge < -0.3 is 0 Å². The van der Waals surface area contributed by atoms with Crippen molar-refractivity contribution in [2.75, 3.05) is 0 Å². The molecule has 0 aliphatic heterocycles. The van der Waals surface area contributed by atoms with Gasteiger partial charge in [0.1, 0.15) is 0 Å². The van der Waals surface area contributed by atoms with E-state index in [1.54, 1.807) is 0 Å². The summed E-state index contributed by atoms with van der Waals surface area (Å²) in [7, 11) is 0. The van der Waals surface area contributed by atoms with Crippen molar-refractivity contribution in [1.29, 1.82) is 0 Å². The van der Waals surface area contributed by atoms with Crippen molar-refractivity contribution in [3.8, 4) is 0 Å². The van der Waals surface area contributed by atoms with Crippen LogP contribution in [0.1, 0.15) is 38.4 Å². The number of aryl methyl sites for hydroxylation is 1. The molecule has 0 radical (unpaired) electrons. The summed E-state index contributed by atoms with van der Waals surface area (Å²) in [6.07, 6.45) is 6.39. The minimum Gasteiger partial charge on any atom is -0.257 e. The van der Waals surface area contributed by atoms with E-state index in [1.807, 2.05) is 26.1 Å². The summed E-state index contributed by atoms with van der Waals surface area (Å²) in [6, 6.07) is 4.17. The molecule has 0 fully saturated rings. The van der Waals surface area contributed by atoms with Crippen molar-refractivity contribution < 1.29 is 0 Å². The molecule has 0 aromatic carbocycles. The lowest BCUT2D eigenvalue weighted by Gasteiger charge is -2.11. The van der Waals surface area contributed by atoms with Crippen LogP contribution in [0.25, 0.3) is 6.08 Å². The number of fused-ring (bicyclic) bond motifs is 1. The van der Waals surface area contributed by atoms with E-state index in [9.17, 15) is 0 Å². The number of allylic oxidation sites excluding steroid dienone is 1. The molecule has 1 aliphatic carbocycles. The Morgan fingerprint density at radius 2 is 2.00 bits per heavy atom. The van der Waals surface area contributed by atoms with Crippen molar-refractivity contribution in [2.45, 2.75) is 33.6 Å². The third kappa shape index (κ3) is 2.41. The summed E-state index contributed by atoms with van der Waals surface area (Å²) < 4.78 is 0. The van der Waals surface area contributed by atoms with Gasteiger partial charge in [0.25, 0.3) is 0 Å². The van der Waals surface area contributed by atoms with Gasteiger partial charge in [0.15, 0.2) is 0 Å². The molecule has 1 nitrogen and oxygen atoms in total. The fourth-order valence-electron chi connectivity index (χ4n) is 1.43. The van der Waals surface area contributed by atoms with Gasteiger partial charge in [-0.15, -0.1) is 0 Å². The molecule has 70 valence electrons. The SMILES string of the molecule is CC.CC1=Cc2ncccc2CC1. The Labute approximate surface area is 80.5 Å². The van der Waals surface area contributed by atoms with E-state index < -0.39 is 0 Å². The highest BCUT2D eigenvalue weighted by molar-refractivity contribution is 5.54. The normalized spacial score (nSPS) is 13.6. The zero-order valence-electron chi connectivity index (χ0n) is 8.67. The van der Waals surface area contributed by atoms with Crippen molar-refractivity contribution in [3.63, 3.8) is 0 Å². The Balaban J connectivity index is 0.000000396. The Kier molecular flexibility index (Phi) is 3.69. The Bertz CT molecular complexity index is 300. The van der Waals surface area contributed by atoms with Crippen LogP contribution in [-0.2, 0) is 6.42 Å². The third-order valence-electron chi connectivity index (χ3n) is 2.10. The van der Waals surface area contributed by atoms with Gasteiger partial charge in [0, 0.05) is 6.20 Å². The van der Waals surface area contributed by atoms with Gasteiger partial charge in [-0.1, -0.05) is 25.5 Å². The van der Waals surface area contributed by atoms with Crippen LogP contribution >= 0.6 is 0 Å². The second kappa shape index (κ2) is 4.80. The Morgan fingerprint density at radius 3 is 2.77 bits per heavy atom. The van der Waals surface area contributed by atoms with E-state index in [4.69, 9.17) is 0 Å². The summed E-state index contributed by atoms with van der Waals surface area (Å²) in [5.41, 5.74) is 3.99. The lowest BCUT2D eigenvalue weighted by Crippen LogP contribution is -1.98. The van der Waals surface area contributed by atoms with Crippen molar-refractivity contribution in [1.82, 2.24) is 4.98 Å². The van der Waals surface area contributed by atoms with Gasteiger partial charge in [-0.3, -0.25) is 4.98 Å². The molecule has 0 spiro atoms. The lowest BCUT2D eigenvalue weighted by molar-refractivity contribution is 0.912. The largest absolute Gasteiger partial charge is 0.257 e. The van der Waals surface area contributed by atoms with E-state index in [1.165, 1.54) is 17.6 Å². The summed E-state index contributed by atoms with van der Waals surface area (Å²) in [5.74, 6) is 0. The topological polar surface area (TPSA) is 12.9 Å². The fourth-order valence-corrected chi connectivity index (χ4v) is 1.43. The highest BCUT2D eigenvalue weighted by Gasteiger charge is 2.06. The van der Waals surface area contributed by atoms with Crippen molar-refractivity contribution >= 4 is 6.08 Å². The highest BCUT2D eigenvalue weighted by Crippen LogP contribution is 2.20. The van der Waals surface area contributed by atoms with Crippen LogP contribution < -0.4 is 0 Å². The number of pyridine rings is 1. The molecule has 0 saturated heterocycles. The van der Waals surface area contributed by atoms with Gasteiger partial charge in [0.05, 0.1) is 5.69 Å². The van der Waals surface area contributed by atoms with E-state index in [0.717, 1.165) is 12.1 Å². The molecule has 0 amide bonds. The smallest absolute Gasteiger partial charge is 0.0661 e. The van der Waals surface area contributed by atoms with Gasteiger partial charge in [0.2, 0.25) is 0 Å². The maximum atomic E-state index is 4.29. The molecule has 1 aromatic rings. The maximum absolute atomic E-state index is 4.29. The predicted octanol–water partition coefficient (Wildman–Crippen LogP) is 3.46. The molecule has 2 rings (SSSR count). The van der Waals surface area contributed by atoms with Crippen molar-refractivity contribution in [2.24, 2.45) is 0 Å². The van der Waals surface area contributed by atoms with Crippen LogP contribution in [0.5, 0.6) is 0 Å². The van der Waals surface area contributed by atoms with Gasteiger partial charge >= 0.3 is 0 Å². The molecule has 0 saturated carbocycles. The number of nitrogens with zero attached hydrogens (tertiary/aromatic N) is 1. The molecular formula is C12H17N. The van der Waals surface area contributed by atoms with Crippen LogP contribution in [-0.4, -0.2) is 4.98 Å². The lowest BCUT2D eigenvalue weighted by atomic mass is 9.97. The summed E-state index contributed by atoms with van der Waals surface area (Å²) in [6.45, 7) is 6.16. The quantitative estimate of drug-likeness (QED) is 0.588. The van der Waals surface area contributed by atoms with E-state index >= 15 is 0 Å². The van der Waals surface area contributed by atoms with Crippen molar-refractivity contribution in [3.05, 3.63) is 35.2 Å². The van der Waals surface area contributed by atoms with E-state index in [0.29, 0.717) is 0 Å². The first-order valence-electron chi connectivity index (χ1n) is 4.97. The minimum absolute atomic E-state index is 1.16. The molecule has 1 heterocycles. The van der Waals surface area contributed by atoms with Crippen LogP contribution in [0.15, 0.2) is 23.9 Å². The number of hydrogen-bond donors (Lipinski definition) is 0.